The molecule has 2 heterocycles. The number of carbonyl (C=O) groups excluding carboxylic acids is 2. The molecule has 0 unspecified atom stereocenters. The molecule has 0 spiro atoms. The Balaban J connectivity index is 1.74. The van der Waals surface area contributed by atoms with Gasteiger partial charge < -0.3 is 38.5 Å². The number of halogens is 3. The van der Waals surface area contributed by atoms with Crippen LogP contribution in [0.3, 0.4) is 0 Å². The molecule has 49 heavy (non-hydrogen) atoms. The number of esters is 1. The first-order valence-electron chi connectivity index (χ1n) is 17.4. The third-order valence-corrected chi connectivity index (χ3v) is 9.41. The molecular formula is C36H54Cl3NO9. The number of alkyl halides is 3. The minimum absolute atomic E-state index is 0.00739. The van der Waals surface area contributed by atoms with Gasteiger partial charge in [0.25, 0.3) is 4.52 Å². The number of alkyl carbamates (subject to hydrolysis) is 1. The maximum atomic E-state index is 13.8. The van der Waals surface area contributed by atoms with Gasteiger partial charge in [-0.15, -0.1) is 18.2 Å². The summed E-state index contributed by atoms with van der Waals surface area (Å²) in [6, 6.07) is 8.73. The van der Waals surface area contributed by atoms with Crippen LogP contribution in [0.5, 0.6) is 0 Å². The van der Waals surface area contributed by atoms with E-state index in [1.807, 2.05) is 30.3 Å². The minimum Gasteiger partial charge on any atom is -0.457 e. The van der Waals surface area contributed by atoms with Crippen LogP contribution in [0.1, 0.15) is 97.0 Å². The average Bonchev–Trinajstić information content (AvgIpc) is 3.06. The lowest BCUT2D eigenvalue weighted by Crippen LogP contribution is -2.69. The number of hydrogen-bond acceptors (Lipinski definition) is 9. The third-order valence-electron chi connectivity index (χ3n) is 8.34. The maximum Gasteiger partial charge on any atom is 0.410 e. The Morgan fingerprint density at radius 2 is 1.76 bits per heavy atom. The standard InChI is InChI=1S/C36H54Cl3NO9/c1-5-7-8-9-10-11-12-13-17-20-27(44-23-26-18-15-14-16-19-26)22-29(41)47-32-30(40-34(42)49-36(38,39)25-37)33(43-21-6-2)46-28-24-45-35(3,4)48-31(28)32/h6,14-16,18-19,27-28,30-33H,2,5,7-13,17,20-25H2,1,3-4H3,(H,40,42)/t27-,28-,30-,31-,32-,33+/m1/s1. The topological polar surface area (TPSA) is 111 Å². The smallest absolute Gasteiger partial charge is 0.410 e. The summed E-state index contributed by atoms with van der Waals surface area (Å²) in [6.45, 7) is 9.98. The Morgan fingerprint density at radius 3 is 2.41 bits per heavy atom. The van der Waals surface area contributed by atoms with E-state index in [0.717, 1.165) is 24.8 Å². The second kappa shape index (κ2) is 21.7. The second-order valence-corrected chi connectivity index (χ2v) is 14.7. The molecule has 13 heteroatoms. The molecule has 1 amide bonds. The second-order valence-electron chi connectivity index (χ2n) is 13.0. The van der Waals surface area contributed by atoms with Crippen LogP contribution in [-0.2, 0) is 44.6 Å². The zero-order valence-electron chi connectivity index (χ0n) is 29.1. The Labute approximate surface area is 306 Å². The molecule has 0 bridgehead atoms. The van der Waals surface area contributed by atoms with E-state index in [4.69, 9.17) is 68.0 Å². The predicted molar refractivity (Wildman–Crippen MR) is 190 cm³/mol. The van der Waals surface area contributed by atoms with Gasteiger partial charge in [-0.3, -0.25) is 4.79 Å². The van der Waals surface area contributed by atoms with Crippen molar-refractivity contribution in [2.75, 3.05) is 19.1 Å². The molecule has 2 saturated heterocycles. The van der Waals surface area contributed by atoms with Crippen molar-refractivity contribution in [1.29, 1.82) is 0 Å². The number of fused-ring (bicyclic) bond motifs is 1. The van der Waals surface area contributed by atoms with Crippen molar-refractivity contribution in [2.24, 2.45) is 0 Å². The van der Waals surface area contributed by atoms with Crippen LogP contribution in [0, 0.1) is 0 Å². The third kappa shape index (κ3) is 15.3. The van der Waals surface area contributed by atoms with Crippen LogP contribution in [-0.4, -0.2) is 78.2 Å². The quantitative estimate of drug-likeness (QED) is 0.0541. The lowest BCUT2D eigenvalue weighted by molar-refractivity contribution is -0.368. The Hall–Kier alpha value is -1.63. The summed E-state index contributed by atoms with van der Waals surface area (Å²) in [5.74, 6) is -1.94. The van der Waals surface area contributed by atoms with Gasteiger partial charge in [-0.25, -0.2) is 4.79 Å². The lowest BCUT2D eigenvalue weighted by Gasteiger charge is -2.50. The molecular weight excluding hydrogens is 697 g/mol. The van der Waals surface area contributed by atoms with Gasteiger partial charge in [-0.2, -0.15) is 0 Å². The summed E-state index contributed by atoms with van der Waals surface area (Å²) in [5.41, 5.74) is 1.01. The molecule has 6 atom stereocenters. The van der Waals surface area contributed by atoms with Gasteiger partial charge in [0.15, 0.2) is 18.2 Å². The number of ether oxygens (including phenoxy) is 7. The van der Waals surface area contributed by atoms with Gasteiger partial charge >= 0.3 is 12.1 Å². The van der Waals surface area contributed by atoms with E-state index in [0.29, 0.717) is 13.0 Å². The van der Waals surface area contributed by atoms with E-state index < -0.39 is 53.0 Å². The van der Waals surface area contributed by atoms with Crippen molar-refractivity contribution in [1.82, 2.24) is 5.32 Å². The highest BCUT2D eigenvalue weighted by molar-refractivity contribution is 6.50. The summed E-state index contributed by atoms with van der Waals surface area (Å²) in [7, 11) is 0. The SMILES string of the molecule is C=CCO[C@H]1O[C@@H]2COC(C)(C)O[C@H]2[C@H](OC(=O)C[C@@H](CCCCCCCCCCC)OCc2ccccc2)[C@H]1NC(=O)OC(Cl)(Cl)CCl. The van der Waals surface area contributed by atoms with Crippen LogP contribution < -0.4 is 5.32 Å². The first-order valence-corrected chi connectivity index (χ1v) is 18.7. The van der Waals surface area contributed by atoms with Gasteiger partial charge in [0, 0.05) is 0 Å². The normalized spacial score (nSPS) is 24.0. The Kier molecular flexibility index (Phi) is 18.5. The lowest BCUT2D eigenvalue weighted by atomic mass is 9.95. The molecule has 1 aromatic carbocycles. The largest absolute Gasteiger partial charge is 0.457 e. The summed E-state index contributed by atoms with van der Waals surface area (Å²) in [6.07, 6.45) is 7.83. The molecule has 3 rings (SSSR count). The van der Waals surface area contributed by atoms with Crippen molar-refractivity contribution in [2.45, 2.75) is 145 Å². The number of rotatable bonds is 22. The van der Waals surface area contributed by atoms with Gasteiger partial charge in [0.05, 0.1) is 38.2 Å². The summed E-state index contributed by atoms with van der Waals surface area (Å²) < 4.78 is 39.6. The molecule has 0 saturated carbocycles. The van der Waals surface area contributed by atoms with Crippen LogP contribution >= 0.6 is 34.8 Å². The fraction of sp³-hybridized carbons (Fsp3) is 0.722. The highest BCUT2D eigenvalue weighted by Gasteiger charge is 2.54. The summed E-state index contributed by atoms with van der Waals surface area (Å²) in [4.78, 5) is 26.7. The van der Waals surface area contributed by atoms with Crippen LogP contribution in [0.4, 0.5) is 4.79 Å². The number of hydrogen-bond donors (Lipinski definition) is 1. The summed E-state index contributed by atoms with van der Waals surface area (Å²) >= 11 is 17.7. The van der Waals surface area contributed by atoms with Crippen LogP contribution in [0.2, 0.25) is 0 Å². The first-order chi connectivity index (χ1) is 23.5. The maximum absolute atomic E-state index is 13.8. The molecule has 278 valence electrons. The van der Waals surface area contributed by atoms with Crippen molar-refractivity contribution >= 4 is 46.9 Å². The molecule has 1 aromatic rings. The van der Waals surface area contributed by atoms with Gasteiger partial charge in [0.2, 0.25) is 0 Å². The van der Waals surface area contributed by atoms with E-state index in [9.17, 15) is 9.59 Å². The fourth-order valence-electron chi connectivity index (χ4n) is 5.85. The number of amides is 1. The van der Waals surface area contributed by atoms with Gasteiger partial charge in [0.1, 0.15) is 18.2 Å². The average molecular weight is 751 g/mol. The molecule has 2 fully saturated rings. The van der Waals surface area contributed by atoms with Crippen molar-refractivity contribution in [3.63, 3.8) is 0 Å². The number of carbonyl (C=O) groups is 2. The van der Waals surface area contributed by atoms with E-state index in [-0.39, 0.29) is 31.6 Å². The molecule has 2 aliphatic heterocycles. The Bertz CT molecular complexity index is 1130. The number of unbranched alkanes of at least 4 members (excludes halogenated alkanes) is 8. The van der Waals surface area contributed by atoms with Gasteiger partial charge in [-0.05, 0) is 25.8 Å². The molecule has 0 aromatic heterocycles. The highest BCUT2D eigenvalue weighted by atomic mass is 35.5. The van der Waals surface area contributed by atoms with Crippen LogP contribution in [0.15, 0.2) is 43.0 Å². The monoisotopic (exact) mass is 749 g/mol. The first kappa shape index (κ1) is 41.8. The van der Waals surface area contributed by atoms with E-state index in [1.165, 1.54) is 44.6 Å². The Morgan fingerprint density at radius 1 is 1.08 bits per heavy atom. The molecule has 1 N–H and O–H groups in total. The van der Waals surface area contributed by atoms with Crippen molar-refractivity contribution in [3.8, 4) is 0 Å². The molecule has 2 aliphatic rings. The van der Waals surface area contributed by atoms with E-state index in [1.54, 1.807) is 13.8 Å². The zero-order valence-corrected chi connectivity index (χ0v) is 31.3. The van der Waals surface area contributed by atoms with Crippen molar-refractivity contribution < 1.29 is 42.7 Å². The van der Waals surface area contributed by atoms with Gasteiger partial charge in [-0.1, -0.05) is 124 Å². The molecule has 0 aliphatic carbocycles. The fourth-order valence-corrected chi connectivity index (χ4v) is 6.05. The zero-order chi connectivity index (χ0) is 35.7. The predicted octanol–water partition coefficient (Wildman–Crippen LogP) is 8.34. The van der Waals surface area contributed by atoms with Crippen LogP contribution in [0.25, 0.3) is 0 Å². The van der Waals surface area contributed by atoms with Crippen molar-refractivity contribution in [3.05, 3.63) is 48.6 Å². The van der Waals surface area contributed by atoms with E-state index >= 15 is 0 Å². The molecule has 0 radical (unpaired) electrons. The number of nitrogens with one attached hydrogen (secondary N) is 1. The molecule has 10 nitrogen and oxygen atoms in total. The highest BCUT2D eigenvalue weighted by Crippen LogP contribution is 2.35. The summed E-state index contributed by atoms with van der Waals surface area (Å²) in [5, 5.41) is 2.65. The van der Waals surface area contributed by atoms with E-state index in [2.05, 4.69) is 18.8 Å². The minimum atomic E-state index is -2.00. The number of benzene rings is 1.